The summed E-state index contributed by atoms with van der Waals surface area (Å²) < 4.78 is 0. The molecule has 10 N–H and O–H groups in total. The first-order valence-electron chi connectivity index (χ1n) is 8.45. The normalized spacial score (nSPS) is 11.7. The van der Waals surface area contributed by atoms with Crippen LogP contribution in [0.1, 0.15) is 32.1 Å². The zero-order valence-corrected chi connectivity index (χ0v) is 16.9. The fraction of sp³-hybridized carbons (Fsp3) is 0.500. The molecule has 2 unspecified atom stereocenters. The summed E-state index contributed by atoms with van der Waals surface area (Å²) in [5.74, 6) is -13.9. The van der Waals surface area contributed by atoms with Crippen molar-refractivity contribution in [2.24, 2.45) is 5.92 Å². The van der Waals surface area contributed by atoms with E-state index in [1.807, 2.05) is 0 Å². The zero-order chi connectivity index (χ0) is 27.8. The summed E-state index contributed by atoms with van der Waals surface area (Å²) in [4.78, 5) is 80.3. The molecule has 0 aliphatic heterocycles. The first-order chi connectivity index (χ1) is 15.3. The van der Waals surface area contributed by atoms with Crippen LogP contribution in [-0.2, 0) is 38.4 Å². The van der Waals surface area contributed by atoms with E-state index in [9.17, 15) is 38.4 Å². The standard InChI is InChI=1S/2C6H8O7.C4H6O4/c7-3(8)1-6(13,5(11)12)2-4(9)10;7-3(8)1-2(5(10)11)4(9)6(12)13;5-3(6)1-2-4(7)8/h13H,1-2H2,(H,7,8)(H,9,10)(H,11,12);2,4,9H,1H2,(H,7,8)(H,10,11)(H,12,13);1-2H2,(H,5,6)(H,7,8). The maximum atomic E-state index is 10.3. The topological polar surface area (TPSA) is 339 Å². The van der Waals surface area contributed by atoms with Gasteiger partial charge in [0.05, 0.1) is 32.1 Å². The molecule has 0 bridgehead atoms. The SMILES string of the molecule is O=C(O)CC(C(=O)O)C(O)C(=O)O.O=C(O)CC(O)(CC(=O)O)C(=O)O.O=C(O)CCC(=O)O. The van der Waals surface area contributed by atoms with Crippen molar-refractivity contribution < 1.29 is 89.4 Å². The number of carboxylic acids is 8. The van der Waals surface area contributed by atoms with Gasteiger partial charge in [0.25, 0.3) is 0 Å². The lowest BCUT2D eigenvalue weighted by Crippen LogP contribution is -2.42. The van der Waals surface area contributed by atoms with Crippen LogP contribution in [0.15, 0.2) is 0 Å². The van der Waals surface area contributed by atoms with Gasteiger partial charge in [-0.15, -0.1) is 0 Å². The Morgan fingerprint density at radius 2 is 0.912 bits per heavy atom. The Kier molecular flexibility index (Phi) is 16.5. The molecule has 0 aromatic carbocycles. The van der Waals surface area contributed by atoms with E-state index in [1.165, 1.54) is 0 Å². The summed E-state index contributed by atoms with van der Waals surface area (Å²) in [5.41, 5.74) is -2.74. The van der Waals surface area contributed by atoms with Gasteiger partial charge in [-0.1, -0.05) is 0 Å². The Morgan fingerprint density at radius 3 is 1.09 bits per heavy atom. The van der Waals surface area contributed by atoms with Gasteiger partial charge in [-0.25, -0.2) is 9.59 Å². The third-order valence-electron chi connectivity index (χ3n) is 3.18. The summed E-state index contributed by atoms with van der Waals surface area (Å²) in [6.07, 6.45) is -6.01. The Labute approximate surface area is 187 Å². The first-order valence-corrected chi connectivity index (χ1v) is 8.45. The van der Waals surface area contributed by atoms with Gasteiger partial charge >= 0.3 is 47.8 Å². The van der Waals surface area contributed by atoms with Gasteiger partial charge in [0.1, 0.15) is 5.92 Å². The summed E-state index contributed by atoms with van der Waals surface area (Å²) in [6.45, 7) is 0. The lowest BCUT2D eigenvalue weighted by atomic mass is 9.96. The predicted molar refractivity (Wildman–Crippen MR) is 98.6 cm³/mol. The number of carboxylic acid groups (broad SMARTS) is 8. The summed E-state index contributed by atoms with van der Waals surface area (Å²) in [7, 11) is 0. The van der Waals surface area contributed by atoms with E-state index in [4.69, 9.17) is 51.1 Å². The smallest absolute Gasteiger partial charge is 0.336 e. The quantitative estimate of drug-likeness (QED) is 0.122. The van der Waals surface area contributed by atoms with Crippen LogP contribution in [0.4, 0.5) is 0 Å². The molecule has 0 amide bonds. The third kappa shape index (κ3) is 18.4. The molecule has 34 heavy (non-hydrogen) atoms. The average Bonchev–Trinajstić information content (AvgIpc) is 2.63. The minimum absolute atomic E-state index is 0.296. The van der Waals surface area contributed by atoms with Gasteiger partial charge in [0.15, 0.2) is 11.7 Å². The van der Waals surface area contributed by atoms with Crippen LogP contribution in [0.5, 0.6) is 0 Å². The van der Waals surface area contributed by atoms with Crippen molar-refractivity contribution in [3.05, 3.63) is 0 Å². The van der Waals surface area contributed by atoms with Crippen LogP contribution < -0.4 is 0 Å². The number of rotatable bonds is 13. The minimum atomic E-state index is -2.74. The van der Waals surface area contributed by atoms with E-state index < -0.39 is 84.6 Å². The Balaban J connectivity index is -0.000000438. The number of aliphatic hydroxyl groups is 2. The second kappa shape index (κ2) is 16.3. The summed E-state index contributed by atoms with van der Waals surface area (Å²) in [6, 6.07) is 0. The van der Waals surface area contributed by atoms with Crippen molar-refractivity contribution in [2.45, 2.75) is 43.8 Å². The van der Waals surface area contributed by atoms with E-state index in [0.29, 0.717) is 0 Å². The highest BCUT2D eigenvalue weighted by Gasteiger charge is 2.40. The van der Waals surface area contributed by atoms with Crippen molar-refractivity contribution in [1.29, 1.82) is 0 Å². The third-order valence-corrected chi connectivity index (χ3v) is 3.18. The average molecular weight is 502 g/mol. The van der Waals surface area contributed by atoms with Gasteiger partial charge in [-0.3, -0.25) is 28.8 Å². The molecule has 18 heteroatoms. The predicted octanol–water partition coefficient (Wildman–Crippen LogP) is -2.71. The summed E-state index contributed by atoms with van der Waals surface area (Å²) >= 11 is 0. The van der Waals surface area contributed by atoms with E-state index >= 15 is 0 Å². The van der Waals surface area contributed by atoms with Gasteiger partial charge in [-0.05, 0) is 0 Å². The molecule has 194 valence electrons. The maximum absolute atomic E-state index is 10.3. The van der Waals surface area contributed by atoms with E-state index in [-0.39, 0.29) is 12.8 Å². The molecule has 0 radical (unpaired) electrons. The zero-order valence-electron chi connectivity index (χ0n) is 16.9. The monoisotopic (exact) mass is 502 g/mol. The van der Waals surface area contributed by atoms with Crippen LogP contribution in [0.2, 0.25) is 0 Å². The molecule has 0 rings (SSSR count). The largest absolute Gasteiger partial charge is 0.481 e. The molecule has 0 aromatic heterocycles. The molecule has 0 saturated carbocycles. The number of hydrogen-bond donors (Lipinski definition) is 10. The lowest BCUT2D eigenvalue weighted by molar-refractivity contribution is -0.170. The Bertz CT molecular complexity index is 753. The van der Waals surface area contributed by atoms with E-state index in [0.717, 1.165) is 0 Å². The molecule has 0 aliphatic rings. The van der Waals surface area contributed by atoms with Crippen LogP contribution in [0.3, 0.4) is 0 Å². The van der Waals surface area contributed by atoms with Crippen molar-refractivity contribution in [3.63, 3.8) is 0 Å². The van der Waals surface area contributed by atoms with Gasteiger partial charge < -0.3 is 51.1 Å². The summed E-state index contributed by atoms with van der Waals surface area (Å²) in [5, 5.41) is 83.1. The Hall–Kier alpha value is -4.32. The molecule has 0 aromatic rings. The Morgan fingerprint density at radius 1 is 0.559 bits per heavy atom. The van der Waals surface area contributed by atoms with Crippen molar-refractivity contribution in [2.75, 3.05) is 0 Å². The number of aliphatic carboxylic acids is 8. The second-order valence-electron chi connectivity index (χ2n) is 6.09. The van der Waals surface area contributed by atoms with Crippen LogP contribution in [0.25, 0.3) is 0 Å². The lowest BCUT2D eigenvalue weighted by Gasteiger charge is -2.18. The van der Waals surface area contributed by atoms with Crippen LogP contribution in [0, 0.1) is 5.92 Å². The highest BCUT2D eigenvalue weighted by Crippen LogP contribution is 2.15. The van der Waals surface area contributed by atoms with Crippen molar-refractivity contribution in [1.82, 2.24) is 0 Å². The van der Waals surface area contributed by atoms with Crippen LogP contribution in [-0.4, -0.2) is 111 Å². The highest BCUT2D eigenvalue weighted by molar-refractivity contribution is 5.88. The number of aliphatic hydroxyl groups excluding tert-OH is 1. The molecule has 0 spiro atoms. The first kappa shape index (κ1) is 34.3. The fourth-order valence-corrected chi connectivity index (χ4v) is 1.62. The molecule has 2 atom stereocenters. The van der Waals surface area contributed by atoms with Crippen molar-refractivity contribution >= 4 is 47.8 Å². The van der Waals surface area contributed by atoms with Gasteiger partial charge in [-0.2, -0.15) is 0 Å². The second-order valence-corrected chi connectivity index (χ2v) is 6.09. The highest BCUT2D eigenvalue weighted by atomic mass is 16.4. The molecule has 0 fully saturated rings. The van der Waals surface area contributed by atoms with E-state index in [1.54, 1.807) is 0 Å². The maximum Gasteiger partial charge on any atom is 0.336 e. The molecule has 0 saturated heterocycles. The number of carbonyl (C=O) groups is 8. The molecule has 0 heterocycles. The molecular weight excluding hydrogens is 480 g/mol. The number of hydrogen-bond acceptors (Lipinski definition) is 10. The fourth-order valence-electron chi connectivity index (χ4n) is 1.62. The molecule has 0 aliphatic carbocycles. The van der Waals surface area contributed by atoms with Gasteiger partial charge in [0.2, 0.25) is 0 Å². The molecular formula is C16H22O18. The minimum Gasteiger partial charge on any atom is -0.481 e. The van der Waals surface area contributed by atoms with Gasteiger partial charge in [0, 0.05) is 0 Å². The van der Waals surface area contributed by atoms with Crippen LogP contribution >= 0.6 is 0 Å². The van der Waals surface area contributed by atoms with Crippen molar-refractivity contribution in [3.8, 4) is 0 Å². The van der Waals surface area contributed by atoms with E-state index in [2.05, 4.69) is 0 Å². The molecule has 18 nitrogen and oxygen atoms in total.